The van der Waals surface area contributed by atoms with E-state index in [0.717, 1.165) is 4.88 Å². The Hall–Kier alpha value is -0.480. The summed E-state index contributed by atoms with van der Waals surface area (Å²) in [4.78, 5) is 5.27. The number of anilines is 1. The number of hydrogen-bond acceptors (Lipinski definition) is 3. The van der Waals surface area contributed by atoms with Crippen LogP contribution < -0.4 is 5.32 Å². The van der Waals surface area contributed by atoms with Crippen molar-refractivity contribution >= 4 is 52.0 Å². The van der Waals surface area contributed by atoms with Crippen LogP contribution in [0.2, 0.25) is 14.4 Å². The van der Waals surface area contributed by atoms with Crippen molar-refractivity contribution in [3.63, 3.8) is 0 Å². The summed E-state index contributed by atoms with van der Waals surface area (Å²) in [5.74, 6) is 0.602. The van der Waals surface area contributed by atoms with Crippen LogP contribution in [0.15, 0.2) is 18.2 Å². The third-order valence-corrected chi connectivity index (χ3v) is 3.79. The zero-order valence-electron chi connectivity index (χ0n) is 8.22. The molecule has 6 heteroatoms. The van der Waals surface area contributed by atoms with Crippen LogP contribution in [0.5, 0.6) is 0 Å². The number of thiophene rings is 1. The lowest BCUT2D eigenvalue weighted by Crippen LogP contribution is -1.95. The molecule has 2 aromatic heterocycles. The second kappa shape index (κ2) is 4.80. The van der Waals surface area contributed by atoms with E-state index >= 15 is 0 Å². The van der Waals surface area contributed by atoms with Crippen molar-refractivity contribution in [2.75, 3.05) is 12.4 Å². The van der Waals surface area contributed by atoms with Gasteiger partial charge in [-0.25, -0.2) is 4.98 Å². The minimum absolute atomic E-state index is 0.499. The molecule has 2 aromatic rings. The van der Waals surface area contributed by atoms with Crippen LogP contribution in [0, 0.1) is 0 Å². The summed E-state index contributed by atoms with van der Waals surface area (Å²) in [7, 11) is 1.76. The van der Waals surface area contributed by atoms with Crippen LogP contribution in [0.3, 0.4) is 0 Å². The maximum Gasteiger partial charge on any atom is 0.145 e. The molecular formula is C10H7Cl3N2S. The molecule has 0 unspecified atom stereocenters. The van der Waals surface area contributed by atoms with Gasteiger partial charge in [-0.2, -0.15) is 0 Å². The van der Waals surface area contributed by atoms with E-state index in [4.69, 9.17) is 34.8 Å². The number of rotatable bonds is 2. The van der Waals surface area contributed by atoms with Gasteiger partial charge in [-0.15, -0.1) is 11.3 Å². The first kappa shape index (κ1) is 12.0. The zero-order valence-corrected chi connectivity index (χ0v) is 11.3. The Bertz CT molecular complexity index is 525. The third-order valence-electron chi connectivity index (χ3n) is 1.97. The molecule has 0 aliphatic rings. The number of hydrogen-bond donors (Lipinski definition) is 1. The number of pyridine rings is 1. The van der Waals surface area contributed by atoms with E-state index < -0.39 is 0 Å². The molecule has 0 radical (unpaired) electrons. The van der Waals surface area contributed by atoms with Gasteiger partial charge < -0.3 is 5.32 Å². The molecule has 16 heavy (non-hydrogen) atoms. The monoisotopic (exact) mass is 292 g/mol. The number of aromatic nitrogens is 1. The Balaban J connectivity index is 2.56. The minimum atomic E-state index is 0.499. The van der Waals surface area contributed by atoms with Crippen molar-refractivity contribution in [3.05, 3.63) is 32.6 Å². The highest BCUT2D eigenvalue weighted by molar-refractivity contribution is 7.19. The standard InChI is InChI=1S/C10H7Cl3N2S/c1-14-10-6(12)4-5(11)9(15-10)7-2-3-8(13)16-7/h2-4H,1H3,(H,14,15). The second-order valence-corrected chi connectivity index (χ2v) is 5.53. The van der Waals surface area contributed by atoms with E-state index in [1.54, 1.807) is 13.1 Å². The summed E-state index contributed by atoms with van der Waals surface area (Å²) >= 11 is 19.4. The zero-order chi connectivity index (χ0) is 11.7. The van der Waals surface area contributed by atoms with E-state index in [2.05, 4.69) is 10.3 Å². The molecule has 84 valence electrons. The molecule has 0 fully saturated rings. The van der Waals surface area contributed by atoms with Gasteiger partial charge in [0.05, 0.1) is 19.3 Å². The molecule has 2 heterocycles. The molecule has 2 nitrogen and oxygen atoms in total. The second-order valence-electron chi connectivity index (χ2n) is 3.00. The van der Waals surface area contributed by atoms with Crippen molar-refractivity contribution in [3.8, 4) is 10.6 Å². The van der Waals surface area contributed by atoms with Crippen molar-refractivity contribution in [1.82, 2.24) is 4.98 Å². The summed E-state index contributed by atoms with van der Waals surface area (Å²) in [6.45, 7) is 0. The van der Waals surface area contributed by atoms with Crippen LogP contribution in [-0.2, 0) is 0 Å². The molecular weight excluding hydrogens is 287 g/mol. The average Bonchev–Trinajstić information content (AvgIpc) is 2.65. The van der Waals surface area contributed by atoms with Gasteiger partial charge in [-0.1, -0.05) is 34.8 Å². The van der Waals surface area contributed by atoms with Gasteiger partial charge in [0.1, 0.15) is 11.5 Å². The predicted octanol–water partition coefficient (Wildman–Crippen LogP) is 4.81. The Morgan fingerprint density at radius 1 is 1.19 bits per heavy atom. The van der Waals surface area contributed by atoms with Crippen LogP contribution in [0.4, 0.5) is 5.82 Å². The van der Waals surface area contributed by atoms with Crippen molar-refractivity contribution < 1.29 is 0 Å². The smallest absolute Gasteiger partial charge is 0.145 e. The fourth-order valence-corrected chi connectivity index (χ4v) is 2.91. The van der Waals surface area contributed by atoms with Crippen molar-refractivity contribution in [1.29, 1.82) is 0 Å². The van der Waals surface area contributed by atoms with Gasteiger partial charge in [0.2, 0.25) is 0 Å². The van der Waals surface area contributed by atoms with Gasteiger partial charge in [-0.05, 0) is 18.2 Å². The lowest BCUT2D eigenvalue weighted by atomic mass is 10.3. The molecule has 2 rings (SSSR count). The first-order chi connectivity index (χ1) is 7.61. The van der Waals surface area contributed by atoms with Crippen molar-refractivity contribution in [2.24, 2.45) is 0 Å². The van der Waals surface area contributed by atoms with E-state index in [0.29, 0.717) is 25.9 Å². The third kappa shape index (κ3) is 2.28. The lowest BCUT2D eigenvalue weighted by molar-refractivity contribution is 1.30. The first-order valence-corrected chi connectivity index (χ1v) is 6.36. The summed E-state index contributed by atoms with van der Waals surface area (Å²) in [5.41, 5.74) is 0.687. The van der Waals surface area contributed by atoms with Gasteiger partial charge in [0.25, 0.3) is 0 Å². The van der Waals surface area contributed by atoms with Crippen LogP contribution in [0.1, 0.15) is 0 Å². The average molecular weight is 294 g/mol. The Morgan fingerprint density at radius 3 is 2.50 bits per heavy atom. The van der Waals surface area contributed by atoms with Crippen LogP contribution in [0.25, 0.3) is 10.6 Å². The summed E-state index contributed by atoms with van der Waals surface area (Å²) < 4.78 is 0.703. The van der Waals surface area contributed by atoms with E-state index in [1.165, 1.54) is 11.3 Å². The Morgan fingerprint density at radius 2 is 1.94 bits per heavy atom. The number of nitrogens with zero attached hydrogens (tertiary/aromatic N) is 1. The molecule has 1 N–H and O–H groups in total. The van der Waals surface area contributed by atoms with E-state index in [-0.39, 0.29) is 0 Å². The number of halogens is 3. The minimum Gasteiger partial charge on any atom is -0.372 e. The van der Waals surface area contributed by atoms with Gasteiger partial charge in [-0.3, -0.25) is 0 Å². The van der Waals surface area contributed by atoms with Crippen LogP contribution >= 0.6 is 46.1 Å². The molecule has 0 atom stereocenters. The fourth-order valence-electron chi connectivity index (χ4n) is 1.26. The summed E-state index contributed by atoms with van der Waals surface area (Å²) in [6, 6.07) is 5.37. The molecule has 0 saturated carbocycles. The maximum absolute atomic E-state index is 6.09. The molecule has 0 aliphatic carbocycles. The normalized spacial score (nSPS) is 10.5. The van der Waals surface area contributed by atoms with E-state index in [1.807, 2.05) is 12.1 Å². The highest BCUT2D eigenvalue weighted by atomic mass is 35.5. The predicted molar refractivity (Wildman–Crippen MR) is 72.1 cm³/mol. The molecule has 0 aromatic carbocycles. The highest BCUT2D eigenvalue weighted by Gasteiger charge is 2.12. The Labute approximate surface area is 112 Å². The maximum atomic E-state index is 6.09. The largest absolute Gasteiger partial charge is 0.372 e. The van der Waals surface area contributed by atoms with Gasteiger partial charge >= 0.3 is 0 Å². The molecule has 0 aliphatic heterocycles. The molecule has 0 saturated heterocycles. The number of nitrogens with one attached hydrogen (secondary N) is 1. The molecule has 0 spiro atoms. The SMILES string of the molecule is CNc1nc(-c2ccc(Cl)s2)c(Cl)cc1Cl. The van der Waals surface area contributed by atoms with Gasteiger partial charge in [0.15, 0.2) is 0 Å². The summed E-state index contributed by atoms with van der Waals surface area (Å²) in [5, 5.41) is 3.92. The fraction of sp³-hybridized carbons (Fsp3) is 0.100. The lowest BCUT2D eigenvalue weighted by Gasteiger charge is -2.06. The van der Waals surface area contributed by atoms with Gasteiger partial charge in [0, 0.05) is 7.05 Å². The molecule has 0 amide bonds. The molecule has 0 bridgehead atoms. The van der Waals surface area contributed by atoms with E-state index in [9.17, 15) is 0 Å². The first-order valence-electron chi connectivity index (χ1n) is 4.41. The van der Waals surface area contributed by atoms with Crippen LogP contribution in [-0.4, -0.2) is 12.0 Å². The van der Waals surface area contributed by atoms with Crippen molar-refractivity contribution in [2.45, 2.75) is 0 Å². The quantitative estimate of drug-likeness (QED) is 0.859. The Kier molecular flexibility index (Phi) is 3.60. The topological polar surface area (TPSA) is 24.9 Å². The highest BCUT2D eigenvalue weighted by Crippen LogP contribution is 2.36. The summed E-state index contributed by atoms with van der Waals surface area (Å²) in [6.07, 6.45) is 0.